The Kier molecular flexibility index (Phi) is 4.09. The van der Waals surface area contributed by atoms with Gasteiger partial charge in [-0.3, -0.25) is 0 Å². The van der Waals surface area contributed by atoms with Crippen molar-refractivity contribution in [3.8, 4) is 0 Å². The normalized spacial score (nSPS) is 8.92. The van der Waals surface area contributed by atoms with Crippen LogP contribution in [0.5, 0.6) is 0 Å². The monoisotopic (exact) mass is 189 g/mol. The Labute approximate surface area is 76.6 Å². The third kappa shape index (κ3) is 2.40. The SMILES string of the molecule is Nc1cc(B(O)O)ccc1F.S. The molecule has 0 bridgehead atoms. The van der Waals surface area contributed by atoms with Crippen molar-refractivity contribution in [1.82, 2.24) is 0 Å². The maximum absolute atomic E-state index is 12.5. The molecule has 0 radical (unpaired) electrons. The van der Waals surface area contributed by atoms with Crippen LogP contribution in [-0.2, 0) is 0 Å². The van der Waals surface area contributed by atoms with Gasteiger partial charge in [0.1, 0.15) is 5.82 Å². The molecule has 0 aliphatic rings. The van der Waals surface area contributed by atoms with Crippen LogP contribution in [0.3, 0.4) is 0 Å². The van der Waals surface area contributed by atoms with E-state index in [1.807, 2.05) is 0 Å². The van der Waals surface area contributed by atoms with E-state index < -0.39 is 12.9 Å². The first-order valence-corrected chi connectivity index (χ1v) is 3.02. The molecule has 0 unspecified atom stereocenters. The van der Waals surface area contributed by atoms with Crippen molar-refractivity contribution in [2.75, 3.05) is 5.73 Å². The highest BCUT2D eigenvalue weighted by molar-refractivity contribution is 7.59. The lowest BCUT2D eigenvalue weighted by molar-refractivity contribution is 0.425. The maximum Gasteiger partial charge on any atom is 0.488 e. The third-order valence-corrected chi connectivity index (χ3v) is 1.32. The molecule has 0 spiro atoms. The number of anilines is 1. The molecular formula is C6H9BFNO2S. The first-order chi connectivity index (χ1) is 5.11. The van der Waals surface area contributed by atoms with E-state index in [1.54, 1.807) is 0 Å². The van der Waals surface area contributed by atoms with Crippen LogP contribution in [0.25, 0.3) is 0 Å². The van der Waals surface area contributed by atoms with Gasteiger partial charge in [-0.25, -0.2) is 4.39 Å². The zero-order valence-corrected chi connectivity index (χ0v) is 7.16. The van der Waals surface area contributed by atoms with E-state index in [4.69, 9.17) is 15.8 Å². The van der Waals surface area contributed by atoms with E-state index in [0.717, 1.165) is 6.07 Å². The molecule has 0 atom stereocenters. The van der Waals surface area contributed by atoms with Crippen molar-refractivity contribution in [2.24, 2.45) is 0 Å². The molecule has 0 amide bonds. The summed E-state index contributed by atoms with van der Waals surface area (Å²) in [4.78, 5) is 0. The van der Waals surface area contributed by atoms with Crippen molar-refractivity contribution in [2.45, 2.75) is 0 Å². The zero-order chi connectivity index (χ0) is 8.43. The molecule has 0 aliphatic heterocycles. The van der Waals surface area contributed by atoms with Crippen molar-refractivity contribution in [1.29, 1.82) is 0 Å². The predicted molar refractivity (Wildman–Crippen MR) is 51.0 cm³/mol. The van der Waals surface area contributed by atoms with E-state index in [0.29, 0.717) is 0 Å². The Morgan fingerprint density at radius 3 is 2.33 bits per heavy atom. The van der Waals surface area contributed by atoms with Gasteiger partial charge in [0.2, 0.25) is 0 Å². The van der Waals surface area contributed by atoms with E-state index in [1.165, 1.54) is 12.1 Å². The fourth-order valence-corrected chi connectivity index (χ4v) is 0.723. The Balaban J connectivity index is 0.00000121. The van der Waals surface area contributed by atoms with Gasteiger partial charge in [-0.1, -0.05) is 6.07 Å². The first-order valence-electron chi connectivity index (χ1n) is 3.02. The molecule has 0 saturated carbocycles. The van der Waals surface area contributed by atoms with Crippen LogP contribution in [0.4, 0.5) is 10.1 Å². The molecular weight excluding hydrogens is 180 g/mol. The second kappa shape index (κ2) is 4.35. The average molecular weight is 189 g/mol. The van der Waals surface area contributed by atoms with Gasteiger partial charge in [0.25, 0.3) is 0 Å². The van der Waals surface area contributed by atoms with E-state index in [9.17, 15) is 4.39 Å². The topological polar surface area (TPSA) is 66.5 Å². The molecule has 1 rings (SSSR count). The molecule has 1 aromatic rings. The average Bonchev–Trinajstić information content (AvgIpc) is 1.94. The van der Waals surface area contributed by atoms with Crippen molar-refractivity contribution >= 4 is 31.8 Å². The van der Waals surface area contributed by atoms with Crippen molar-refractivity contribution in [3.05, 3.63) is 24.0 Å². The van der Waals surface area contributed by atoms with Gasteiger partial charge in [0.05, 0.1) is 5.69 Å². The number of nitrogens with two attached hydrogens (primary N) is 1. The van der Waals surface area contributed by atoms with Gasteiger partial charge in [0, 0.05) is 0 Å². The summed E-state index contributed by atoms with van der Waals surface area (Å²) in [5, 5.41) is 17.2. The van der Waals surface area contributed by atoms with Crippen molar-refractivity contribution < 1.29 is 14.4 Å². The number of hydrogen-bond acceptors (Lipinski definition) is 3. The molecule has 0 saturated heterocycles. The number of hydrogen-bond donors (Lipinski definition) is 3. The lowest BCUT2D eigenvalue weighted by Gasteiger charge is -2.00. The molecule has 0 fully saturated rings. The van der Waals surface area contributed by atoms with E-state index in [-0.39, 0.29) is 24.6 Å². The maximum atomic E-state index is 12.5. The van der Waals surface area contributed by atoms with Gasteiger partial charge in [-0.05, 0) is 17.6 Å². The van der Waals surface area contributed by atoms with Crippen LogP contribution >= 0.6 is 13.5 Å². The van der Waals surface area contributed by atoms with Crippen LogP contribution in [0.1, 0.15) is 0 Å². The minimum Gasteiger partial charge on any atom is -0.423 e. The second-order valence-corrected chi connectivity index (χ2v) is 2.15. The minimum atomic E-state index is -1.60. The predicted octanol–water partition coefficient (Wildman–Crippen LogP) is -0.800. The van der Waals surface area contributed by atoms with E-state index in [2.05, 4.69) is 0 Å². The van der Waals surface area contributed by atoms with E-state index >= 15 is 0 Å². The minimum absolute atomic E-state index is 0. The summed E-state index contributed by atoms with van der Waals surface area (Å²) in [6.07, 6.45) is 0. The summed E-state index contributed by atoms with van der Waals surface area (Å²) in [5.74, 6) is -0.561. The number of halogens is 1. The molecule has 66 valence electrons. The highest BCUT2D eigenvalue weighted by atomic mass is 32.1. The second-order valence-electron chi connectivity index (χ2n) is 2.15. The summed E-state index contributed by atoms with van der Waals surface area (Å²) in [6.45, 7) is 0. The van der Waals surface area contributed by atoms with Gasteiger partial charge >= 0.3 is 7.12 Å². The van der Waals surface area contributed by atoms with Gasteiger partial charge in [0.15, 0.2) is 0 Å². The lowest BCUT2D eigenvalue weighted by atomic mass is 9.80. The molecule has 0 aromatic heterocycles. The largest absolute Gasteiger partial charge is 0.488 e. The summed E-state index contributed by atoms with van der Waals surface area (Å²) < 4.78 is 12.5. The summed E-state index contributed by atoms with van der Waals surface area (Å²) >= 11 is 0. The molecule has 0 aliphatic carbocycles. The van der Waals surface area contributed by atoms with Gasteiger partial charge in [-0.2, -0.15) is 13.5 Å². The quantitative estimate of drug-likeness (QED) is 0.400. The zero-order valence-electron chi connectivity index (χ0n) is 6.16. The summed E-state index contributed by atoms with van der Waals surface area (Å²) in [6, 6.07) is 3.53. The number of nitrogen functional groups attached to an aromatic ring is 1. The molecule has 12 heavy (non-hydrogen) atoms. The lowest BCUT2D eigenvalue weighted by Crippen LogP contribution is -2.30. The van der Waals surface area contributed by atoms with Crippen LogP contribution in [0.2, 0.25) is 0 Å². The molecule has 6 heteroatoms. The van der Waals surface area contributed by atoms with Crippen LogP contribution in [-0.4, -0.2) is 17.2 Å². The molecule has 4 N–H and O–H groups in total. The first kappa shape index (κ1) is 11.3. The highest BCUT2D eigenvalue weighted by Gasteiger charge is 2.11. The van der Waals surface area contributed by atoms with Crippen LogP contribution < -0.4 is 11.2 Å². The third-order valence-electron chi connectivity index (χ3n) is 1.32. The van der Waals surface area contributed by atoms with Crippen LogP contribution in [0, 0.1) is 5.82 Å². The smallest absolute Gasteiger partial charge is 0.423 e. The van der Waals surface area contributed by atoms with Gasteiger partial charge < -0.3 is 15.8 Å². The summed E-state index contributed by atoms with van der Waals surface area (Å²) in [5.41, 5.74) is 5.26. The fraction of sp³-hybridized carbons (Fsp3) is 0. The number of benzene rings is 1. The fourth-order valence-electron chi connectivity index (χ4n) is 0.723. The highest BCUT2D eigenvalue weighted by Crippen LogP contribution is 2.05. The molecule has 3 nitrogen and oxygen atoms in total. The Morgan fingerprint density at radius 1 is 1.33 bits per heavy atom. The number of rotatable bonds is 1. The Morgan fingerprint density at radius 2 is 1.92 bits per heavy atom. The van der Waals surface area contributed by atoms with Crippen LogP contribution in [0.15, 0.2) is 18.2 Å². The molecule has 0 heterocycles. The van der Waals surface area contributed by atoms with Crippen molar-refractivity contribution in [3.63, 3.8) is 0 Å². The van der Waals surface area contributed by atoms with Gasteiger partial charge in [-0.15, -0.1) is 0 Å². The molecule has 1 aromatic carbocycles. The summed E-state index contributed by atoms with van der Waals surface area (Å²) in [7, 11) is -1.60. The Bertz CT molecular complexity index is 272. The standard InChI is InChI=1S/C6H7BFNO2.H2S/c8-5-2-1-4(7(10)11)3-6(5)9;/h1-3,10-11H,9H2;1H2. The Hall–Kier alpha value is -0.715.